The Bertz CT molecular complexity index is 912. The summed E-state index contributed by atoms with van der Waals surface area (Å²) in [7, 11) is 0. The van der Waals surface area contributed by atoms with Crippen LogP contribution in [0.5, 0.6) is 0 Å². The van der Waals surface area contributed by atoms with E-state index in [1.807, 2.05) is 12.3 Å². The lowest BCUT2D eigenvalue weighted by Crippen LogP contribution is -2.46. The van der Waals surface area contributed by atoms with Gasteiger partial charge < -0.3 is 11.1 Å². The predicted molar refractivity (Wildman–Crippen MR) is 109 cm³/mol. The summed E-state index contributed by atoms with van der Waals surface area (Å²) in [5.41, 5.74) is 10.2. The van der Waals surface area contributed by atoms with Crippen LogP contribution in [0.1, 0.15) is 53.0 Å². The van der Waals surface area contributed by atoms with Gasteiger partial charge in [0.15, 0.2) is 0 Å². The summed E-state index contributed by atoms with van der Waals surface area (Å²) in [5, 5.41) is 3.68. The van der Waals surface area contributed by atoms with Crippen molar-refractivity contribution in [2.75, 3.05) is 5.32 Å². The SMILES string of the molecule is NC(=O)c1cnc2c(c1NC1C[C@@H]3CC[C@@H](C1)N3Cc1ccccn1)C=CC2. The number of hydrogen-bond acceptors (Lipinski definition) is 5. The zero-order chi connectivity index (χ0) is 19.1. The second kappa shape index (κ2) is 7.02. The number of hydrogen-bond donors (Lipinski definition) is 2. The van der Waals surface area contributed by atoms with E-state index in [1.54, 1.807) is 6.20 Å². The maximum atomic E-state index is 12.0. The zero-order valence-electron chi connectivity index (χ0n) is 15.8. The number of fused-ring (bicyclic) bond motifs is 3. The first-order valence-corrected chi connectivity index (χ1v) is 10.1. The minimum atomic E-state index is -0.423. The second-order valence-corrected chi connectivity index (χ2v) is 8.07. The second-order valence-electron chi connectivity index (χ2n) is 8.07. The van der Waals surface area contributed by atoms with Crippen molar-refractivity contribution in [2.24, 2.45) is 5.73 Å². The highest BCUT2D eigenvalue weighted by atomic mass is 16.1. The molecular formula is C22H25N5O. The first-order chi connectivity index (χ1) is 13.7. The van der Waals surface area contributed by atoms with Gasteiger partial charge in [0, 0.05) is 49.0 Å². The van der Waals surface area contributed by atoms with Crippen LogP contribution in [0.25, 0.3) is 6.08 Å². The first-order valence-electron chi connectivity index (χ1n) is 10.1. The van der Waals surface area contributed by atoms with Gasteiger partial charge in [0.2, 0.25) is 0 Å². The van der Waals surface area contributed by atoms with Gasteiger partial charge in [-0.2, -0.15) is 0 Å². The highest BCUT2D eigenvalue weighted by Gasteiger charge is 2.41. The molecule has 2 aliphatic heterocycles. The number of carbonyl (C=O) groups is 1. The molecule has 2 atom stereocenters. The molecule has 6 nitrogen and oxygen atoms in total. The molecule has 0 unspecified atom stereocenters. The van der Waals surface area contributed by atoms with E-state index in [4.69, 9.17) is 5.73 Å². The molecular weight excluding hydrogens is 350 g/mol. The van der Waals surface area contributed by atoms with Crippen molar-refractivity contribution in [2.45, 2.75) is 56.8 Å². The van der Waals surface area contributed by atoms with Crippen LogP contribution in [-0.4, -0.2) is 38.9 Å². The molecule has 4 heterocycles. The summed E-state index contributed by atoms with van der Waals surface area (Å²) in [4.78, 5) is 23.5. The van der Waals surface area contributed by atoms with Crippen molar-refractivity contribution in [3.05, 3.63) is 59.2 Å². The van der Waals surface area contributed by atoms with Crippen LogP contribution < -0.4 is 11.1 Å². The van der Waals surface area contributed by atoms with Crippen molar-refractivity contribution in [3.8, 4) is 0 Å². The van der Waals surface area contributed by atoms with E-state index in [2.05, 4.69) is 44.5 Å². The number of rotatable bonds is 5. The normalized spacial score (nSPS) is 25.6. The molecule has 0 spiro atoms. The van der Waals surface area contributed by atoms with Crippen molar-refractivity contribution >= 4 is 17.7 Å². The van der Waals surface area contributed by atoms with Crippen LogP contribution in [0.2, 0.25) is 0 Å². The highest BCUT2D eigenvalue weighted by molar-refractivity contribution is 6.00. The van der Waals surface area contributed by atoms with E-state index in [0.29, 0.717) is 23.7 Å². The van der Waals surface area contributed by atoms with E-state index in [9.17, 15) is 4.79 Å². The van der Waals surface area contributed by atoms with Gasteiger partial charge in [-0.3, -0.25) is 19.7 Å². The molecule has 2 aromatic heterocycles. The molecule has 2 saturated heterocycles. The Kier molecular flexibility index (Phi) is 4.36. The van der Waals surface area contributed by atoms with Crippen LogP contribution in [-0.2, 0) is 13.0 Å². The Morgan fingerprint density at radius 3 is 2.75 bits per heavy atom. The van der Waals surface area contributed by atoms with Gasteiger partial charge in [-0.1, -0.05) is 18.2 Å². The fourth-order valence-corrected chi connectivity index (χ4v) is 5.07. The van der Waals surface area contributed by atoms with Crippen molar-refractivity contribution in [1.82, 2.24) is 14.9 Å². The first kappa shape index (κ1) is 17.4. The number of amides is 1. The smallest absolute Gasteiger partial charge is 0.252 e. The van der Waals surface area contributed by atoms with E-state index in [-0.39, 0.29) is 0 Å². The van der Waals surface area contributed by atoms with E-state index < -0.39 is 5.91 Å². The molecule has 6 heteroatoms. The van der Waals surface area contributed by atoms with Gasteiger partial charge in [-0.15, -0.1) is 0 Å². The quantitative estimate of drug-likeness (QED) is 0.839. The standard InChI is InChI=1S/C22H25N5O/c23-22(28)19-12-25-20-6-3-5-18(20)21(19)26-15-10-16-7-8-17(11-15)27(16)13-14-4-1-2-9-24-14/h1-5,9,12,15-17H,6-8,10-11,13H2,(H2,23,28)(H,25,26)/t16-,17-/m0/s1. The Morgan fingerprint density at radius 2 is 2.04 bits per heavy atom. The lowest BCUT2D eigenvalue weighted by atomic mass is 9.95. The molecule has 0 aromatic carbocycles. The highest BCUT2D eigenvalue weighted by Crippen LogP contribution is 2.39. The van der Waals surface area contributed by atoms with Gasteiger partial charge in [-0.25, -0.2) is 0 Å². The van der Waals surface area contributed by atoms with Crippen LogP contribution in [0.4, 0.5) is 5.69 Å². The Morgan fingerprint density at radius 1 is 1.21 bits per heavy atom. The van der Waals surface area contributed by atoms with Crippen molar-refractivity contribution in [1.29, 1.82) is 0 Å². The Labute approximate surface area is 164 Å². The molecule has 1 amide bonds. The minimum Gasteiger partial charge on any atom is -0.381 e. The zero-order valence-corrected chi connectivity index (χ0v) is 15.8. The molecule has 2 fully saturated rings. The average Bonchev–Trinajstić information content (AvgIpc) is 3.25. The average molecular weight is 375 g/mol. The Balaban J connectivity index is 1.35. The van der Waals surface area contributed by atoms with Gasteiger partial charge in [0.1, 0.15) is 0 Å². The van der Waals surface area contributed by atoms with Crippen LogP contribution in [0, 0.1) is 0 Å². The van der Waals surface area contributed by atoms with Gasteiger partial charge in [0.05, 0.1) is 22.6 Å². The molecule has 5 rings (SSSR count). The van der Waals surface area contributed by atoms with Crippen LogP contribution >= 0.6 is 0 Å². The van der Waals surface area contributed by atoms with Crippen LogP contribution in [0.3, 0.4) is 0 Å². The number of nitrogens with zero attached hydrogens (tertiary/aromatic N) is 3. The van der Waals surface area contributed by atoms with E-state index >= 15 is 0 Å². The summed E-state index contributed by atoms with van der Waals surface area (Å²) in [6, 6.07) is 7.58. The molecule has 28 heavy (non-hydrogen) atoms. The lowest BCUT2D eigenvalue weighted by molar-refractivity contribution is 0.100. The molecule has 3 aliphatic rings. The third-order valence-electron chi connectivity index (χ3n) is 6.36. The number of allylic oxidation sites excluding steroid dienone is 1. The summed E-state index contributed by atoms with van der Waals surface area (Å²) in [6.45, 7) is 0.919. The fourth-order valence-electron chi connectivity index (χ4n) is 5.07. The molecule has 1 aliphatic carbocycles. The van der Waals surface area contributed by atoms with Crippen molar-refractivity contribution in [3.63, 3.8) is 0 Å². The van der Waals surface area contributed by atoms with E-state index in [1.165, 1.54) is 12.8 Å². The third-order valence-corrected chi connectivity index (χ3v) is 6.36. The maximum absolute atomic E-state index is 12.0. The largest absolute Gasteiger partial charge is 0.381 e. The third kappa shape index (κ3) is 3.07. The predicted octanol–water partition coefficient (Wildman–Crippen LogP) is 2.75. The topological polar surface area (TPSA) is 84.1 Å². The number of aromatic nitrogens is 2. The molecule has 0 saturated carbocycles. The number of pyridine rings is 2. The molecule has 144 valence electrons. The lowest BCUT2D eigenvalue weighted by Gasteiger charge is -2.39. The monoisotopic (exact) mass is 375 g/mol. The van der Waals surface area contributed by atoms with Gasteiger partial charge >= 0.3 is 0 Å². The number of piperidine rings is 1. The number of nitrogens with two attached hydrogens (primary N) is 1. The fraction of sp³-hybridized carbons (Fsp3) is 0.409. The number of nitrogens with one attached hydrogen (secondary N) is 1. The number of anilines is 1. The molecule has 0 radical (unpaired) electrons. The van der Waals surface area contributed by atoms with Gasteiger partial charge in [0.25, 0.3) is 5.91 Å². The van der Waals surface area contributed by atoms with Gasteiger partial charge in [-0.05, 0) is 37.8 Å². The molecule has 3 N–H and O–H groups in total. The minimum absolute atomic E-state index is 0.344. The summed E-state index contributed by atoms with van der Waals surface area (Å²) >= 11 is 0. The maximum Gasteiger partial charge on any atom is 0.252 e. The summed E-state index contributed by atoms with van der Waals surface area (Å²) in [5.74, 6) is -0.423. The Hall–Kier alpha value is -2.73. The van der Waals surface area contributed by atoms with E-state index in [0.717, 1.165) is 48.4 Å². The summed E-state index contributed by atoms with van der Waals surface area (Å²) < 4.78 is 0. The molecule has 2 aromatic rings. The number of carbonyl (C=O) groups excluding carboxylic acids is 1. The summed E-state index contributed by atoms with van der Waals surface area (Å²) in [6.07, 6.45) is 13.1. The van der Waals surface area contributed by atoms with Crippen molar-refractivity contribution < 1.29 is 4.79 Å². The number of primary amides is 1. The molecule has 2 bridgehead atoms. The van der Waals surface area contributed by atoms with Crippen LogP contribution in [0.15, 0.2) is 36.7 Å².